The summed E-state index contributed by atoms with van der Waals surface area (Å²) in [5.41, 5.74) is 1.65. The second-order valence-electron chi connectivity index (χ2n) is 7.45. The van der Waals surface area contributed by atoms with E-state index in [4.69, 9.17) is 46.4 Å². The molecular weight excluding hydrogens is 577 g/mol. The van der Waals surface area contributed by atoms with Crippen LogP contribution in [0, 0.1) is 11.7 Å². The van der Waals surface area contributed by atoms with Gasteiger partial charge in [0.15, 0.2) is 0 Å². The van der Waals surface area contributed by atoms with Gasteiger partial charge in [0, 0.05) is 21.8 Å². The standard InChI is InChI=1S/C23H14BrCl4FN2O2/c24-16-9-11(1-7-18(16)26)19-20(23(19,27)28)22(33)31-14-6-8-17(25)15(10-14)21(32)30-13-4-2-12(29)3-5-13/h1-10,19-20H,(H,30,32)(H,31,33). The van der Waals surface area contributed by atoms with E-state index in [1.807, 2.05) is 0 Å². The molecule has 10 heteroatoms. The Morgan fingerprint density at radius 3 is 2.18 bits per heavy atom. The normalized spacial score (nSPS) is 18.5. The van der Waals surface area contributed by atoms with Crippen LogP contribution in [0.25, 0.3) is 0 Å². The maximum absolute atomic E-state index is 13.1. The average molecular weight is 591 g/mol. The summed E-state index contributed by atoms with van der Waals surface area (Å²) in [6.07, 6.45) is 0. The van der Waals surface area contributed by atoms with Crippen molar-refractivity contribution in [3.8, 4) is 0 Å². The smallest absolute Gasteiger partial charge is 0.257 e. The highest BCUT2D eigenvalue weighted by Gasteiger charge is 2.67. The number of halogens is 6. The molecule has 2 N–H and O–H groups in total. The third-order valence-electron chi connectivity index (χ3n) is 5.22. The van der Waals surface area contributed by atoms with Crippen molar-refractivity contribution >= 4 is 85.5 Å². The molecule has 0 spiro atoms. The first-order valence-electron chi connectivity index (χ1n) is 9.58. The van der Waals surface area contributed by atoms with E-state index in [9.17, 15) is 14.0 Å². The zero-order chi connectivity index (χ0) is 23.9. The Labute approximate surface area is 217 Å². The van der Waals surface area contributed by atoms with Crippen molar-refractivity contribution in [2.24, 2.45) is 5.92 Å². The van der Waals surface area contributed by atoms with E-state index >= 15 is 0 Å². The summed E-state index contributed by atoms with van der Waals surface area (Å²) in [5.74, 6) is -2.47. The van der Waals surface area contributed by atoms with E-state index in [-0.39, 0.29) is 10.6 Å². The molecule has 33 heavy (non-hydrogen) atoms. The Balaban J connectivity index is 1.50. The van der Waals surface area contributed by atoms with Crippen LogP contribution in [0.2, 0.25) is 10.0 Å². The first-order valence-corrected chi connectivity index (χ1v) is 11.9. The molecule has 0 aliphatic heterocycles. The summed E-state index contributed by atoms with van der Waals surface area (Å²) >= 11 is 28.4. The second-order valence-corrected chi connectivity index (χ2v) is 10.6. The number of carbonyl (C=O) groups is 2. The van der Waals surface area contributed by atoms with E-state index in [1.54, 1.807) is 24.3 Å². The molecule has 0 heterocycles. The predicted molar refractivity (Wildman–Crippen MR) is 134 cm³/mol. The molecule has 3 aromatic rings. The molecule has 170 valence electrons. The third-order valence-corrected chi connectivity index (χ3v) is 7.70. The van der Waals surface area contributed by atoms with E-state index in [2.05, 4.69) is 26.6 Å². The summed E-state index contributed by atoms with van der Waals surface area (Å²) in [7, 11) is 0. The minimum absolute atomic E-state index is 0.135. The molecule has 1 aliphatic rings. The van der Waals surface area contributed by atoms with E-state index in [0.717, 1.165) is 5.56 Å². The molecule has 3 aromatic carbocycles. The molecule has 2 amide bonds. The number of rotatable bonds is 5. The number of hydrogen-bond donors (Lipinski definition) is 2. The fraction of sp³-hybridized carbons (Fsp3) is 0.130. The van der Waals surface area contributed by atoms with Crippen LogP contribution in [0.3, 0.4) is 0 Å². The molecule has 4 rings (SSSR count). The van der Waals surface area contributed by atoms with Crippen LogP contribution in [0.1, 0.15) is 21.8 Å². The van der Waals surface area contributed by atoms with E-state index in [1.165, 1.54) is 36.4 Å². The molecule has 2 atom stereocenters. The summed E-state index contributed by atoms with van der Waals surface area (Å²) in [4.78, 5) is 25.6. The van der Waals surface area contributed by atoms with Gasteiger partial charge in [-0.2, -0.15) is 0 Å². The molecule has 4 nitrogen and oxygen atoms in total. The summed E-state index contributed by atoms with van der Waals surface area (Å²) in [5, 5.41) is 6.10. The van der Waals surface area contributed by atoms with Crippen molar-refractivity contribution < 1.29 is 14.0 Å². The molecule has 1 fully saturated rings. The molecule has 0 radical (unpaired) electrons. The lowest BCUT2D eigenvalue weighted by atomic mass is 10.1. The van der Waals surface area contributed by atoms with Gasteiger partial charge in [-0.15, -0.1) is 23.2 Å². The van der Waals surface area contributed by atoms with Gasteiger partial charge in [0.1, 0.15) is 10.2 Å². The highest BCUT2D eigenvalue weighted by atomic mass is 79.9. The number of anilines is 2. The molecular formula is C23H14BrCl4FN2O2. The van der Waals surface area contributed by atoms with Crippen LogP contribution in [-0.4, -0.2) is 16.1 Å². The fourth-order valence-corrected chi connectivity index (χ4v) is 5.05. The summed E-state index contributed by atoms with van der Waals surface area (Å²) in [6, 6.07) is 15.0. The Morgan fingerprint density at radius 1 is 0.879 bits per heavy atom. The van der Waals surface area contributed by atoms with Crippen LogP contribution in [0.5, 0.6) is 0 Å². The van der Waals surface area contributed by atoms with Crippen LogP contribution in [0.4, 0.5) is 15.8 Å². The SMILES string of the molecule is O=C(Nc1ccc(F)cc1)c1cc(NC(=O)C2C(c3ccc(Cl)c(Br)c3)C2(Cl)Cl)ccc1Cl. The first kappa shape index (κ1) is 24.3. The largest absolute Gasteiger partial charge is 0.326 e. The molecule has 0 saturated heterocycles. The Kier molecular flexibility index (Phi) is 6.95. The Hall–Kier alpha value is -1.83. The monoisotopic (exact) mass is 588 g/mol. The highest BCUT2D eigenvalue weighted by molar-refractivity contribution is 9.10. The van der Waals surface area contributed by atoms with Crippen molar-refractivity contribution in [1.29, 1.82) is 0 Å². The van der Waals surface area contributed by atoms with Crippen molar-refractivity contribution in [3.63, 3.8) is 0 Å². The van der Waals surface area contributed by atoms with Gasteiger partial charge >= 0.3 is 0 Å². The zero-order valence-corrected chi connectivity index (χ0v) is 21.1. The van der Waals surface area contributed by atoms with Gasteiger partial charge < -0.3 is 10.6 Å². The van der Waals surface area contributed by atoms with Gasteiger partial charge in [-0.25, -0.2) is 4.39 Å². The topological polar surface area (TPSA) is 58.2 Å². The number of carbonyl (C=O) groups excluding carboxylic acids is 2. The minimum Gasteiger partial charge on any atom is -0.326 e. The van der Waals surface area contributed by atoms with Gasteiger partial charge in [0.25, 0.3) is 5.91 Å². The zero-order valence-electron chi connectivity index (χ0n) is 16.5. The minimum atomic E-state index is -1.29. The summed E-state index contributed by atoms with van der Waals surface area (Å²) in [6.45, 7) is 0. The predicted octanol–water partition coefficient (Wildman–Crippen LogP) is 7.67. The molecule has 1 saturated carbocycles. The lowest BCUT2D eigenvalue weighted by molar-refractivity contribution is -0.117. The Morgan fingerprint density at radius 2 is 1.52 bits per heavy atom. The lowest BCUT2D eigenvalue weighted by Crippen LogP contribution is -2.18. The van der Waals surface area contributed by atoms with Crippen LogP contribution < -0.4 is 10.6 Å². The Bertz CT molecular complexity index is 1250. The lowest BCUT2D eigenvalue weighted by Gasteiger charge is -2.10. The fourth-order valence-electron chi connectivity index (χ4n) is 3.50. The third kappa shape index (κ3) is 5.15. The van der Waals surface area contributed by atoms with Crippen molar-refractivity contribution in [2.75, 3.05) is 10.6 Å². The second kappa shape index (κ2) is 9.43. The molecule has 0 aromatic heterocycles. The van der Waals surface area contributed by atoms with E-state index in [0.29, 0.717) is 20.9 Å². The van der Waals surface area contributed by atoms with Crippen molar-refractivity contribution in [3.05, 3.63) is 92.1 Å². The highest BCUT2D eigenvalue weighted by Crippen LogP contribution is 2.65. The number of alkyl halides is 2. The van der Waals surface area contributed by atoms with Gasteiger partial charge in [-0.3, -0.25) is 9.59 Å². The van der Waals surface area contributed by atoms with Gasteiger partial charge in [-0.1, -0.05) is 29.3 Å². The first-order chi connectivity index (χ1) is 15.6. The number of hydrogen-bond acceptors (Lipinski definition) is 2. The number of nitrogens with one attached hydrogen (secondary N) is 2. The van der Waals surface area contributed by atoms with E-state index < -0.39 is 33.8 Å². The van der Waals surface area contributed by atoms with Gasteiger partial charge in [-0.05, 0) is 76.1 Å². The molecule has 1 aliphatic carbocycles. The quantitative estimate of drug-likeness (QED) is 0.300. The van der Waals surface area contributed by atoms with Gasteiger partial charge in [0.05, 0.1) is 21.5 Å². The van der Waals surface area contributed by atoms with Crippen LogP contribution in [0.15, 0.2) is 65.1 Å². The molecule has 0 bridgehead atoms. The number of amides is 2. The van der Waals surface area contributed by atoms with Crippen LogP contribution in [-0.2, 0) is 4.79 Å². The van der Waals surface area contributed by atoms with Crippen molar-refractivity contribution in [2.45, 2.75) is 10.3 Å². The average Bonchev–Trinajstić information content (AvgIpc) is 3.35. The maximum Gasteiger partial charge on any atom is 0.257 e. The molecule has 2 unspecified atom stereocenters. The number of benzene rings is 3. The van der Waals surface area contributed by atoms with Gasteiger partial charge in [0.2, 0.25) is 5.91 Å². The summed E-state index contributed by atoms with van der Waals surface area (Å²) < 4.78 is 12.5. The maximum atomic E-state index is 13.1. The van der Waals surface area contributed by atoms with Crippen molar-refractivity contribution in [1.82, 2.24) is 0 Å². The van der Waals surface area contributed by atoms with Crippen LogP contribution >= 0.6 is 62.3 Å².